The van der Waals surface area contributed by atoms with E-state index in [2.05, 4.69) is 5.32 Å². The van der Waals surface area contributed by atoms with Gasteiger partial charge in [0.25, 0.3) is 0 Å². The van der Waals surface area contributed by atoms with E-state index in [0.717, 1.165) is 0 Å². The second-order valence-corrected chi connectivity index (χ2v) is 3.52. The number of benzene rings is 1. The molecule has 0 aromatic heterocycles. The Kier molecular flexibility index (Phi) is 4.98. The monoisotopic (exact) mass is 252 g/mol. The highest BCUT2D eigenvalue weighted by Crippen LogP contribution is 2.22. The van der Waals surface area contributed by atoms with E-state index in [1.165, 1.54) is 26.3 Å². The molecule has 1 aromatic rings. The number of ether oxygens (including phenoxy) is 2. The van der Waals surface area contributed by atoms with E-state index >= 15 is 0 Å². The summed E-state index contributed by atoms with van der Waals surface area (Å²) in [5, 5.41) is 2.44. The first kappa shape index (κ1) is 13.8. The Morgan fingerprint density at radius 1 is 1.39 bits per heavy atom. The average molecular weight is 252 g/mol. The number of nitrogen functional groups attached to an aromatic ring is 1. The molecule has 0 heterocycles. The molecule has 1 amide bonds. The predicted octanol–water partition coefficient (Wildman–Crippen LogP) is 0.570. The second-order valence-electron chi connectivity index (χ2n) is 3.52. The maximum absolute atomic E-state index is 11.7. The van der Waals surface area contributed by atoms with Crippen molar-refractivity contribution in [2.75, 3.05) is 26.5 Å². The van der Waals surface area contributed by atoms with Crippen LogP contribution in [0.5, 0.6) is 5.75 Å². The molecule has 0 saturated carbocycles. The quantitative estimate of drug-likeness (QED) is 0.590. The minimum Gasteiger partial charge on any atom is -0.496 e. The van der Waals surface area contributed by atoms with Crippen LogP contribution >= 0.6 is 0 Å². The van der Waals surface area contributed by atoms with Crippen LogP contribution in [0.2, 0.25) is 0 Å². The summed E-state index contributed by atoms with van der Waals surface area (Å²) in [5.74, 6) is -0.386. The third-order valence-electron chi connectivity index (χ3n) is 2.29. The number of nitrogens with one attached hydrogen (secondary N) is 1. The summed E-state index contributed by atoms with van der Waals surface area (Å²) < 4.78 is 10.00. The predicted molar refractivity (Wildman–Crippen MR) is 66.4 cm³/mol. The minimum absolute atomic E-state index is 0.0199. The van der Waals surface area contributed by atoms with Gasteiger partial charge >= 0.3 is 5.97 Å². The second kappa shape index (κ2) is 6.48. The fraction of sp³-hybridized carbons (Fsp3) is 0.333. The number of methoxy groups -OCH3 is 1. The topological polar surface area (TPSA) is 90.7 Å². The molecular formula is C12H16N2O4. The molecule has 0 saturated heterocycles. The number of esters is 1. The molecule has 0 aliphatic carbocycles. The molecule has 3 N–H and O–H groups in total. The number of amides is 1. The zero-order chi connectivity index (χ0) is 13.5. The first-order chi connectivity index (χ1) is 8.58. The lowest BCUT2D eigenvalue weighted by molar-refractivity contribution is -0.121. The lowest BCUT2D eigenvalue weighted by Gasteiger charge is -2.09. The Morgan fingerprint density at radius 2 is 2.11 bits per heavy atom. The Morgan fingerprint density at radius 3 is 2.72 bits per heavy atom. The smallest absolute Gasteiger partial charge is 0.341 e. The van der Waals surface area contributed by atoms with E-state index in [4.69, 9.17) is 15.2 Å². The van der Waals surface area contributed by atoms with Gasteiger partial charge in [0.05, 0.1) is 13.5 Å². The minimum atomic E-state index is -0.546. The molecule has 98 valence electrons. The third-order valence-corrected chi connectivity index (χ3v) is 2.29. The highest BCUT2D eigenvalue weighted by molar-refractivity contribution is 5.93. The van der Waals surface area contributed by atoms with Gasteiger partial charge in [0.15, 0.2) is 0 Å². The fourth-order valence-electron chi connectivity index (χ4n) is 1.32. The van der Waals surface area contributed by atoms with Gasteiger partial charge in [-0.15, -0.1) is 0 Å². The molecule has 0 aliphatic rings. The summed E-state index contributed by atoms with van der Waals surface area (Å²) >= 11 is 0. The van der Waals surface area contributed by atoms with Gasteiger partial charge in [-0.25, -0.2) is 4.79 Å². The molecule has 6 heteroatoms. The van der Waals surface area contributed by atoms with E-state index in [-0.39, 0.29) is 24.5 Å². The van der Waals surface area contributed by atoms with Crippen LogP contribution in [0, 0.1) is 0 Å². The van der Waals surface area contributed by atoms with Crippen LogP contribution in [0.3, 0.4) is 0 Å². The van der Waals surface area contributed by atoms with Gasteiger partial charge in [0.1, 0.15) is 17.9 Å². The molecule has 0 radical (unpaired) electrons. The van der Waals surface area contributed by atoms with E-state index < -0.39 is 5.97 Å². The number of anilines is 1. The van der Waals surface area contributed by atoms with Crippen LogP contribution in [-0.2, 0) is 9.53 Å². The van der Waals surface area contributed by atoms with Crippen molar-refractivity contribution in [3.63, 3.8) is 0 Å². The molecule has 1 rings (SSSR count). The van der Waals surface area contributed by atoms with Gasteiger partial charge in [-0.2, -0.15) is 0 Å². The molecule has 6 nitrogen and oxygen atoms in total. The van der Waals surface area contributed by atoms with Crippen LogP contribution in [0.15, 0.2) is 18.2 Å². The van der Waals surface area contributed by atoms with Gasteiger partial charge in [-0.3, -0.25) is 4.79 Å². The summed E-state index contributed by atoms with van der Waals surface area (Å²) in [6.07, 6.45) is 0.125. The molecule has 0 aliphatic heterocycles. The molecule has 18 heavy (non-hydrogen) atoms. The van der Waals surface area contributed by atoms with Crippen molar-refractivity contribution in [2.45, 2.75) is 6.42 Å². The van der Waals surface area contributed by atoms with Crippen molar-refractivity contribution in [3.8, 4) is 5.75 Å². The number of carbonyl (C=O) groups excluding carboxylic acids is 2. The number of nitrogens with two attached hydrogens (primary N) is 1. The zero-order valence-electron chi connectivity index (χ0n) is 10.4. The van der Waals surface area contributed by atoms with Crippen LogP contribution in [0.1, 0.15) is 16.8 Å². The highest BCUT2D eigenvalue weighted by Gasteiger charge is 2.14. The van der Waals surface area contributed by atoms with Gasteiger partial charge in [-0.1, -0.05) is 0 Å². The van der Waals surface area contributed by atoms with Crippen molar-refractivity contribution in [1.82, 2.24) is 5.32 Å². The van der Waals surface area contributed by atoms with Gasteiger partial charge in [0, 0.05) is 18.8 Å². The molecular weight excluding hydrogens is 236 g/mol. The fourth-order valence-corrected chi connectivity index (χ4v) is 1.32. The molecule has 0 unspecified atom stereocenters. The lowest BCUT2D eigenvalue weighted by atomic mass is 10.2. The van der Waals surface area contributed by atoms with E-state index in [1.54, 1.807) is 6.07 Å². The number of rotatable bonds is 5. The number of hydrogen-bond donors (Lipinski definition) is 2. The first-order valence-corrected chi connectivity index (χ1v) is 5.39. The summed E-state index contributed by atoms with van der Waals surface area (Å²) in [7, 11) is 2.96. The number of hydrogen-bond acceptors (Lipinski definition) is 5. The van der Waals surface area contributed by atoms with Crippen molar-refractivity contribution < 1.29 is 19.1 Å². The molecule has 0 fully saturated rings. The summed E-state index contributed by atoms with van der Waals surface area (Å²) in [6, 6.07) is 4.64. The van der Waals surface area contributed by atoms with Crippen molar-refractivity contribution >= 4 is 17.6 Å². The first-order valence-electron chi connectivity index (χ1n) is 5.39. The SMILES string of the molecule is CNC(=O)CCOC(=O)c1ccc(N)cc1OC. The normalized spacial score (nSPS) is 9.67. The summed E-state index contributed by atoms with van der Waals surface area (Å²) in [4.78, 5) is 22.7. The van der Waals surface area contributed by atoms with Crippen molar-refractivity contribution in [3.05, 3.63) is 23.8 Å². The van der Waals surface area contributed by atoms with E-state index in [0.29, 0.717) is 11.4 Å². The van der Waals surface area contributed by atoms with Gasteiger partial charge < -0.3 is 20.5 Å². The average Bonchev–Trinajstić information content (AvgIpc) is 2.37. The summed E-state index contributed by atoms with van der Waals surface area (Å²) in [5.41, 5.74) is 6.35. The van der Waals surface area contributed by atoms with Crippen molar-refractivity contribution in [2.24, 2.45) is 0 Å². The molecule has 0 atom stereocenters. The maximum atomic E-state index is 11.7. The largest absolute Gasteiger partial charge is 0.496 e. The van der Waals surface area contributed by atoms with Crippen LogP contribution in [0.4, 0.5) is 5.69 Å². The summed E-state index contributed by atoms with van der Waals surface area (Å²) in [6.45, 7) is 0.0199. The Balaban J connectivity index is 2.64. The highest BCUT2D eigenvalue weighted by atomic mass is 16.5. The van der Waals surface area contributed by atoms with E-state index in [9.17, 15) is 9.59 Å². The maximum Gasteiger partial charge on any atom is 0.341 e. The van der Waals surface area contributed by atoms with Gasteiger partial charge in [-0.05, 0) is 12.1 Å². The van der Waals surface area contributed by atoms with Crippen molar-refractivity contribution in [1.29, 1.82) is 0 Å². The molecule has 1 aromatic carbocycles. The van der Waals surface area contributed by atoms with Gasteiger partial charge in [0.2, 0.25) is 5.91 Å². The lowest BCUT2D eigenvalue weighted by Crippen LogP contribution is -2.20. The van der Waals surface area contributed by atoms with E-state index in [1.807, 2.05) is 0 Å². The standard InChI is InChI=1S/C12H16N2O4/c1-14-11(15)5-6-18-12(16)9-4-3-8(13)7-10(9)17-2/h3-4,7H,5-6,13H2,1-2H3,(H,14,15). The number of carbonyl (C=O) groups is 2. The Hall–Kier alpha value is -2.24. The Bertz CT molecular complexity index is 446. The molecule has 0 bridgehead atoms. The van der Waals surface area contributed by atoms with Crippen LogP contribution in [0.25, 0.3) is 0 Å². The Labute approximate surface area is 105 Å². The molecule has 0 spiro atoms. The zero-order valence-corrected chi connectivity index (χ0v) is 10.4. The third kappa shape index (κ3) is 3.65. The van der Waals surface area contributed by atoms with Crippen LogP contribution in [-0.4, -0.2) is 32.6 Å². The van der Waals surface area contributed by atoms with Crippen LogP contribution < -0.4 is 15.8 Å².